The normalized spacial score (nSPS) is 25.6. The molecule has 2 heteroatoms. The second kappa shape index (κ2) is 2.61. The highest BCUT2D eigenvalue weighted by Gasteiger charge is 2.36. The first-order chi connectivity index (χ1) is 6.77. The Morgan fingerprint density at radius 2 is 2.07 bits per heavy atom. The number of hydrogen-bond donors (Lipinski definition) is 1. The van der Waals surface area contributed by atoms with Gasteiger partial charge in [-0.25, -0.2) is 0 Å². The molecule has 1 saturated carbocycles. The van der Waals surface area contributed by atoms with Gasteiger partial charge in [0.05, 0.1) is 0 Å². The SMILES string of the molecule is Cn1c([C@@H]2C[C@H]2N)cc2ccccc21. The minimum absolute atomic E-state index is 0.387. The van der Waals surface area contributed by atoms with Crippen molar-refractivity contribution >= 4 is 10.9 Å². The fourth-order valence-electron chi connectivity index (χ4n) is 2.22. The van der Waals surface area contributed by atoms with E-state index in [1.165, 1.54) is 16.6 Å². The number of aryl methyl sites for hydroxylation is 1. The molecule has 0 amide bonds. The molecule has 1 aromatic carbocycles. The summed E-state index contributed by atoms with van der Waals surface area (Å²) in [6, 6.07) is 11.1. The van der Waals surface area contributed by atoms with Crippen LogP contribution >= 0.6 is 0 Å². The first-order valence-electron chi connectivity index (χ1n) is 5.07. The van der Waals surface area contributed by atoms with E-state index >= 15 is 0 Å². The third-order valence-electron chi connectivity index (χ3n) is 3.21. The molecule has 0 bridgehead atoms. The lowest BCUT2D eigenvalue weighted by atomic mass is 10.2. The Morgan fingerprint density at radius 3 is 2.71 bits per heavy atom. The van der Waals surface area contributed by atoms with Crippen LogP contribution < -0.4 is 5.73 Å². The summed E-state index contributed by atoms with van der Waals surface area (Å²) in [4.78, 5) is 0. The lowest BCUT2D eigenvalue weighted by Gasteiger charge is -2.01. The minimum Gasteiger partial charge on any atom is -0.347 e. The lowest BCUT2D eigenvalue weighted by Crippen LogP contribution is -2.03. The molecule has 1 aliphatic rings. The zero-order valence-electron chi connectivity index (χ0n) is 8.27. The Labute approximate surface area is 83.3 Å². The predicted molar refractivity (Wildman–Crippen MR) is 58.3 cm³/mol. The van der Waals surface area contributed by atoms with E-state index in [0.29, 0.717) is 12.0 Å². The summed E-state index contributed by atoms with van der Waals surface area (Å²) in [5, 5.41) is 1.32. The first-order valence-corrected chi connectivity index (χ1v) is 5.07. The number of aromatic nitrogens is 1. The van der Waals surface area contributed by atoms with Gasteiger partial charge in [-0.2, -0.15) is 0 Å². The van der Waals surface area contributed by atoms with Gasteiger partial charge in [0, 0.05) is 30.2 Å². The van der Waals surface area contributed by atoms with Crippen LogP contribution in [0.1, 0.15) is 18.0 Å². The summed E-state index contributed by atoms with van der Waals surface area (Å²) in [7, 11) is 2.13. The summed E-state index contributed by atoms with van der Waals surface area (Å²) >= 11 is 0. The lowest BCUT2D eigenvalue weighted by molar-refractivity contribution is 0.836. The number of rotatable bonds is 1. The molecule has 1 aromatic heterocycles. The van der Waals surface area contributed by atoms with Crippen molar-refractivity contribution < 1.29 is 0 Å². The maximum atomic E-state index is 5.88. The van der Waals surface area contributed by atoms with Crippen molar-refractivity contribution in [1.29, 1.82) is 0 Å². The molecule has 2 aromatic rings. The Kier molecular flexibility index (Phi) is 1.50. The number of fused-ring (bicyclic) bond motifs is 1. The van der Waals surface area contributed by atoms with Crippen LogP contribution in [-0.4, -0.2) is 10.6 Å². The van der Waals surface area contributed by atoms with Gasteiger partial charge in [0.15, 0.2) is 0 Å². The maximum absolute atomic E-state index is 5.88. The average molecular weight is 186 g/mol. The molecule has 2 N–H and O–H groups in total. The van der Waals surface area contributed by atoms with Crippen molar-refractivity contribution in [2.24, 2.45) is 12.8 Å². The van der Waals surface area contributed by atoms with E-state index in [2.05, 4.69) is 41.9 Å². The Balaban J connectivity index is 2.21. The van der Waals surface area contributed by atoms with Gasteiger partial charge in [0.1, 0.15) is 0 Å². The van der Waals surface area contributed by atoms with E-state index in [0.717, 1.165) is 6.42 Å². The predicted octanol–water partition coefficient (Wildman–Crippen LogP) is 1.99. The molecule has 1 aliphatic carbocycles. The van der Waals surface area contributed by atoms with Gasteiger partial charge in [-0.1, -0.05) is 18.2 Å². The van der Waals surface area contributed by atoms with E-state index in [4.69, 9.17) is 5.73 Å². The minimum atomic E-state index is 0.387. The summed E-state index contributed by atoms with van der Waals surface area (Å²) < 4.78 is 2.27. The van der Waals surface area contributed by atoms with Crippen LogP contribution in [0.25, 0.3) is 10.9 Å². The van der Waals surface area contributed by atoms with E-state index in [1.807, 2.05) is 0 Å². The highest BCUT2D eigenvalue weighted by molar-refractivity contribution is 5.81. The molecule has 0 saturated heterocycles. The largest absolute Gasteiger partial charge is 0.347 e. The molecule has 3 rings (SSSR count). The van der Waals surface area contributed by atoms with Gasteiger partial charge in [-0.15, -0.1) is 0 Å². The third-order valence-corrected chi connectivity index (χ3v) is 3.21. The van der Waals surface area contributed by atoms with Crippen molar-refractivity contribution in [2.45, 2.75) is 18.4 Å². The smallest absolute Gasteiger partial charge is 0.0479 e. The van der Waals surface area contributed by atoms with Crippen molar-refractivity contribution in [3.63, 3.8) is 0 Å². The molecular formula is C12H14N2. The van der Waals surface area contributed by atoms with Crippen LogP contribution in [0, 0.1) is 0 Å². The second-order valence-electron chi connectivity index (χ2n) is 4.19. The highest BCUT2D eigenvalue weighted by Crippen LogP contribution is 2.40. The van der Waals surface area contributed by atoms with Crippen molar-refractivity contribution in [1.82, 2.24) is 4.57 Å². The van der Waals surface area contributed by atoms with Crippen LogP contribution in [0.5, 0.6) is 0 Å². The van der Waals surface area contributed by atoms with E-state index in [1.54, 1.807) is 0 Å². The maximum Gasteiger partial charge on any atom is 0.0479 e. The molecule has 14 heavy (non-hydrogen) atoms. The second-order valence-corrected chi connectivity index (χ2v) is 4.19. The number of nitrogens with zero attached hydrogens (tertiary/aromatic N) is 1. The van der Waals surface area contributed by atoms with Crippen molar-refractivity contribution in [2.75, 3.05) is 0 Å². The van der Waals surface area contributed by atoms with E-state index in [-0.39, 0.29) is 0 Å². The standard InChI is InChI=1S/C12H14N2/c1-14-11-5-3-2-4-8(11)6-12(14)9-7-10(9)13/h2-6,9-10H,7,13H2,1H3/t9-,10-/m1/s1. The topological polar surface area (TPSA) is 30.9 Å². The number of para-hydroxylation sites is 1. The quantitative estimate of drug-likeness (QED) is 0.725. The molecule has 2 atom stereocenters. The molecule has 1 heterocycles. The molecule has 72 valence electrons. The molecule has 1 fully saturated rings. The number of benzene rings is 1. The van der Waals surface area contributed by atoms with Crippen molar-refractivity contribution in [3.05, 3.63) is 36.0 Å². The van der Waals surface area contributed by atoms with E-state index < -0.39 is 0 Å². The molecule has 0 radical (unpaired) electrons. The Morgan fingerprint density at radius 1 is 1.36 bits per heavy atom. The molecule has 0 aliphatic heterocycles. The van der Waals surface area contributed by atoms with Gasteiger partial charge < -0.3 is 10.3 Å². The number of hydrogen-bond acceptors (Lipinski definition) is 1. The monoisotopic (exact) mass is 186 g/mol. The Hall–Kier alpha value is -1.28. The average Bonchev–Trinajstić information content (AvgIpc) is 2.82. The molecule has 2 nitrogen and oxygen atoms in total. The van der Waals surface area contributed by atoms with Gasteiger partial charge in [0.25, 0.3) is 0 Å². The van der Waals surface area contributed by atoms with Gasteiger partial charge >= 0.3 is 0 Å². The van der Waals surface area contributed by atoms with Crippen molar-refractivity contribution in [3.8, 4) is 0 Å². The summed E-state index contributed by atoms with van der Waals surface area (Å²) in [5.74, 6) is 0.590. The first kappa shape index (κ1) is 8.06. The summed E-state index contributed by atoms with van der Waals surface area (Å²) in [6.07, 6.45) is 1.14. The van der Waals surface area contributed by atoms with Gasteiger partial charge in [-0.3, -0.25) is 0 Å². The van der Waals surface area contributed by atoms with Crippen LogP contribution in [0.15, 0.2) is 30.3 Å². The Bertz CT molecular complexity index is 484. The van der Waals surface area contributed by atoms with Crippen LogP contribution in [0.2, 0.25) is 0 Å². The van der Waals surface area contributed by atoms with Gasteiger partial charge in [-0.05, 0) is 23.9 Å². The number of nitrogens with two attached hydrogens (primary N) is 1. The van der Waals surface area contributed by atoms with Crippen LogP contribution in [0.3, 0.4) is 0 Å². The van der Waals surface area contributed by atoms with Crippen LogP contribution in [0.4, 0.5) is 0 Å². The zero-order chi connectivity index (χ0) is 9.71. The fraction of sp³-hybridized carbons (Fsp3) is 0.333. The summed E-state index contributed by atoms with van der Waals surface area (Å²) in [6.45, 7) is 0. The third kappa shape index (κ3) is 1.01. The summed E-state index contributed by atoms with van der Waals surface area (Å²) in [5.41, 5.74) is 8.57. The molecule has 0 spiro atoms. The molecule has 0 unspecified atom stereocenters. The molecular weight excluding hydrogens is 172 g/mol. The highest BCUT2D eigenvalue weighted by atomic mass is 15.0. The van der Waals surface area contributed by atoms with E-state index in [9.17, 15) is 0 Å². The van der Waals surface area contributed by atoms with Gasteiger partial charge in [0.2, 0.25) is 0 Å². The van der Waals surface area contributed by atoms with Crippen LogP contribution in [-0.2, 0) is 7.05 Å². The fourth-order valence-corrected chi connectivity index (χ4v) is 2.22. The zero-order valence-corrected chi connectivity index (χ0v) is 8.27.